The Hall–Kier alpha value is -0.820. The first-order chi connectivity index (χ1) is 6.36. The molecule has 0 aromatic heterocycles. The van der Waals surface area contributed by atoms with Crippen LogP contribution in [0.25, 0.3) is 0 Å². The van der Waals surface area contributed by atoms with Gasteiger partial charge in [-0.15, -0.1) is 0 Å². The van der Waals surface area contributed by atoms with Crippen LogP contribution < -0.4 is 0 Å². The Balaban J connectivity index is 2.34. The summed E-state index contributed by atoms with van der Waals surface area (Å²) in [6, 6.07) is 10.3. The Labute approximate surface area is 80.7 Å². The third-order valence-electron chi connectivity index (χ3n) is 2.24. The van der Waals surface area contributed by atoms with Crippen LogP contribution in [0.4, 0.5) is 0 Å². The molecule has 0 aliphatic rings. The minimum Gasteiger partial charge on any atom is -0.374 e. The standard InChI is InChI=1S/C12H18O/c1-3-12(4-2)13-10-11-8-6-5-7-9-11/h5-9,12H,3-4,10H2,1-2H3. The van der Waals surface area contributed by atoms with Crippen molar-refractivity contribution in [2.45, 2.75) is 39.4 Å². The Morgan fingerprint density at radius 1 is 1.08 bits per heavy atom. The Bertz CT molecular complexity index is 214. The third-order valence-corrected chi connectivity index (χ3v) is 2.24. The fourth-order valence-corrected chi connectivity index (χ4v) is 1.31. The smallest absolute Gasteiger partial charge is 0.0720 e. The molecule has 1 rings (SSSR count). The lowest BCUT2D eigenvalue weighted by Crippen LogP contribution is -2.09. The second-order valence-electron chi connectivity index (χ2n) is 3.24. The fourth-order valence-electron chi connectivity index (χ4n) is 1.31. The first-order valence-electron chi connectivity index (χ1n) is 5.02. The summed E-state index contributed by atoms with van der Waals surface area (Å²) in [4.78, 5) is 0. The molecule has 0 atom stereocenters. The van der Waals surface area contributed by atoms with Crippen LogP contribution in [0, 0.1) is 0 Å². The van der Waals surface area contributed by atoms with Crippen molar-refractivity contribution in [3.05, 3.63) is 35.9 Å². The summed E-state index contributed by atoms with van der Waals surface area (Å²) >= 11 is 0. The lowest BCUT2D eigenvalue weighted by Gasteiger charge is -2.13. The first-order valence-corrected chi connectivity index (χ1v) is 5.02. The topological polar surface area (TPSA) is 9.23 Å². The molecule has 1 heteroatoms. The number of ether oxygens (including phenoxy) is 1. The van der Waals surface area contributed by atoms with E-state index in [1.807, 2.05) is 18.2 Å². The normalized spacial score (nSPS) is 10.7. The quantitative estimate of drug-likeness (QED) is 0.671. The van der Waals surface area contributed by atoms with Crippen LogP contribution in [-0.2, 0) is 11.3 Å². The summed E-state index contributed by atoms with van der Waals surface area (Å²) in [5, 5.41) is 0. The van der Waals surface area contributed by atoms with Crippen molar-refractivity contribution in [2.24, 2.45) is 0 Å². The molecule has 0 N–H and O–H groups in total. The van der Waals surface area contributed by atoms with Crippen molar-refractivity contribution >= 4 is 0 Å². The summed E-state index contributed by atoms with van der Waals surface area (Å²) < 4.78 is 5.73. The number of hydrogen-bond acceptors (Lipinski definition) is 1. The van der Waals surface area contributed by atoms with Crippen molar-refractivity contribution in [2.75, 3.05) is 0 Å². The summed E-state index contributed by atoms with van der Waals surface area (Å²) in [6.45, 7) is 5.07. The molecule has 0 heterocycles. The highest BCUT2D eigenvalue weighted by atomic mass is 16.5. The van der Waals surface area contributed by atoms with Crippen molar-refractivity contribution in [1.29, 1.82) is 0 Å². The minimum absolute atomic E-state index is 0.417. The molecular weight excluding hydrogens is 160 g/mol. The predicted molar refractivity (Wildman–Crippen MR) is 55.6 cm³/mol. The maximum atomic E-state index is 5.73. The Morgan fingerprint density at radius 2 is 1.69 bits per heavy atom. The molecule has 0 aliphatic heterocycles. The lowest BCUT2D eigenvalue weighted by molar-refractivity contribution is 0.0358. The second kappa shape index (κ2) is 5.76. The van der Waals surface area contributed by atoms with Crippen LogP contribution in [0.15, 0.2) is 30.3 Å². The average molecular weight is 178 g/mol. The predicted octanol–water partition coefficient (Wildman–Crippen LogP) is 3.39. The molecular formula is C12H18O. The monoisotopic (exact) mass is 178 g/mol. The van der Waals surface area contributed by atoms with Crippen LogP contribution in [-0.4, -0.2) is 6.10 Å². The van der Waals surface area contributed by atoms with Gasteiger partial charge in [-0.25, -0.2) is 0 Å². The van der Waals surface area contributed by atoms with Crippen LogP contribution >= 0.6 is 0 Å². The molecule has 0 fully saturated rings. The largest absolute Gasteiger partial charge is 0.374 e. The second-order valence-corrected chi connectivity index (χ2v) is 3.24. The van der Waals surface area contributed by atoms with E-state index in [4.69, 9.17) is 4.74 Å². The van der Waals surface area contributed by atoms with Crippen LogP contribution in [0.2, 0.25) is 0 Å². The molecule has 1 aromatic carbocycles. The van der Waals surface area contributed by atoms with Crippen LogP contribution in [0.1, 0.15) is 32.3 Å². The summed E-state index contributed by atoms with van der Waals surface area (Å²) in [6.07, 6.45) is 2.62. The molecule has 0 aliphatic carbocycles. The minimum atomic E-state index is 0.417. The van der Waals surface area contributed by atoms with Crippen molar-refractivity contribution in [1.82, 2.24) is 0 Å². The number of rotatable bonds is 5. The first kappa shape index (κ1) is 10.3. The zero-order valence-corrected chi connectivity index (χ0v) is 8.49. The Morgan fingerprint density at radius 3 is 2.23 bits per heavy atom. The summed E-state index contributed by atoms with van der Waals surface area (Å²) in [5.74, 6) is 0. The van der Waals surface area contributed by atoms with Crippen LogP contribution in [0.5, 0.6) is 0 Å². The molecule has 1 aromatic rings. The van der Waals surface area contributed by atoms with E-state index in [0.717, 1.165) is 19.4 Å². The van der Waals surface area contributed by atoms with Gasteiger partial charge in [-0.3, -0.25) is 0 Å². The highest BCUT2D eigenvalue weighted by molar-refractivity contribution is 5.13. The van der Waals surface area contributed by atoms with E-state index in [2.05, 4.69) is 26.0 Å². The van der Waals surface area contributed by atoms with Gasteiger partial charge >= 0.3 is 0 Å². The molecule has 72 valence electrons. The van der Waals surface area contributed by atoms with Gasteiger partial charge < -0.3 is 4.74 Å². The molecule has 1 nitrogen and oxygen atoms in total. The van der Waals surface area contributed by atoms with E-state index < -0.39 is 0 Å². The summed E-state index contributed by atoms with van der Waals surface area (Å²) in [5.41, 5.74) is 1.26. The summed E-state index contributed by atoms with van der Waals surface area (Å²) in [7, 11) is 0. The zero-order valence-electron chi connectivity index (χ0n) is 8.49. The maximum Gasteiger partial charge on any atom is 0.0720 e. The van der Waals surface area contributed by atoms with Crippen LogP contribution in [0.3, 0.4) is 0 Å². The molecule has 0 spiro atoms. The van der Waals surface area contributed by atoms with Gasteiger partial charge in [0.25, 0.3) is 0 Å². The van der Waals surface area contributed by atoms with E-state index in [-0.39, 0.29) is 0 Å². The van der Waals surface area contributed by atoms with E-state index in [1.165, 1.54) is 5.56 Å². The highest BCUT2D eigenvalue weighted by Gasteiger charge is 2.02. The SMILES string of the molecule is CCC(CC)OCc1ccccc1. The van der Waals surface area contributed by atoms with Gasteiger partial charge in [-0.1, -0.05) is 44.2 Å². The van der Waals surface area contributed by atoms with Gasteiger partial charge in [0.2, 0.25) is 0 Å². The van der Waals surface area contributed by atoms with Gasteiger partial charge in [-0.2, -0.15) is 0 Å². The van der Waals surface area contributed by atoms with Gasteiger partial charge in [-0.05, 0) is 18.4 Å². The van der Waals surface area contributed by atoms with E-state index in [0.29, 0.717) is 6.10 Å². The molecule has 0 amide bonds. The van der Waals surface area contributed by atoms with Crippen molar-refractivity contribution < 1.29 is 4.74 Å². The van der Waals surface area contributed by atoms with Crippen molar-refractivity contribution in [3.63, 3.8) is 0 Å². The molecule has 13 heavy (non-hydrogen) atoms. The molecule has 0 saturated heterocycles. The number of hydrogen-bond donors (Lipinski definition) is 0. The van der Waals surface area contributed by atoms with E-state index >= 15 is 0 Å². The van der Waals surface area contributed by atoms with Crippen molar-refractivity contribution in [3.8, 4) is 0 Å². The molecule has 0 radical (unpaired) electrons. The highest BCUT2D eigenvalue weighted by Crippen LogP contribution is 2.07. The maximum absolute atomic E-state index is 5.73. The molecule has 0 unspecified atom stereocenters. The van der Waals surface area contributed by atoms with Gasteiger partial charge in [0.05, 0.1) is 12.7 Å². The zero-order chi connectivity index (χ0) is 9.52. The van der Waals surface area contributed by atoms with Gasteiger partial charge in [0.15, 0.2) is 0 Å². The van der Waals surface area contributed by atoms with Gasteiger partial charge in [0, 0.05) is 0 Å². The average Bonchev–Trinajstić information content (AvgIpc) is 2.21. The third kappa shape index (κ3) is 3.60. The lowest BCUT2D eigenvalue weighted by atomic mass is 10.2. The molecule has 0 bridgehead atoms. The fraction of sp³-hybridized carbons (Fsp3) is 0.500. The van der Waals surface area contributed by atoms with E-state index in [1.54, 1.807) is 0 Å². The van der Waals surface area contributed by atoms with E-state index in [9.17, 15) is 0 Å². The number of benzene rings is 1. The Kier molecular flexibility index (Phi) is 4.55. The van der Waals surface area contributed by atoms with Gasteiger partial charge in [0.1, 0.15) is 0 Å². The molecule has 0 saturated carbocycles.